The summed E-state index contributed by atoms with van der Waals surface area (Å²) in [5.74, 6) is -0.470. The molecule has 3 aromatic rings. The summed E-state index contributed by atoms with van der Waals surface area (Å²) < 4.78 is 0.945. The molecule has 0 saturated carbocycles. The smallest absolute Gasteiger partial charge is 0.292 e. The van der Waals surface area contributed by atoms with E-state index in [2.05, 4.69) is 10.3 Å². The molecule has 0 atom stereocenters. The van der Waals surface area contributed by atoms with Crippen LogP contribution in [0, 0.1) is 10.1 Å². The van der Waals surface area contributed by atoms with Crippen LogP contribution in [0.2, 0.25) is 0 Å². The Hall–Kier alpha value is -3.00. The van der Waals surface area contributed by atoms with Gasteiger partial charge in [0.15, 0.2) is 5.13 Å². The molecule has 8 heteroatoms. The second kappa shape index (κ2) is 5.41. The van der Waals surface area contributed by atoms with Gasteiger partial charge in [-0.25, -0.2) is 4.98 Å². The predicted molar refractivity (Wildman–Crippen MR) is 85.1 cm³/mol. The normalized spacial score (nSPS) is 10.5. The Balaban J connectivity index is 1.88. The Morgan fingerprint density at radius 2 is 2.05 bits per heavy atom. The van der Waals surface area contributed by atoms with E-state index < -0.39 is 10.8 Å². The van der Waals surface area contributed by atoms with Crippen molar-refractivity contribution < 1.29 is 9.72 Å². The Morgan fingerprint density at radius 3 is 2.77 bits per heavy atom. The van der Waals surface area contributed by atoms with Gasteiger partial charge in [-0.05, 0) is 24.3 Å². The molecule has 0 saturated heterocycles. The molecule has 0 aliphatic rings. The lowest BCUT2D eigenvalue weighted by molar-refractivity contribution is -0.383. The molecular formula is C14H10N4O3S. The number of para-hydroxylation sites is 1. The Labute approximate surface area is 128 Å². The summed E-state index contributed by atoms with van der Waals surface area (Å²) in [7, 11) is 0. The highest BCUT2D eigenvalue weighted by Gasteiger charge is 2.16. The van der Waals surface area contributed by atoms with Crippen LogP contribution in [0.15, 0.2) is 42.5 Å². The second-order valence-corrected chi connectivity index (χ2v) is 5.50. The molecular weight excluding hydrogens is 304 g/mol. The molecule has 0 aliphatic heterocycles. The Bertz CT molecular complexity index is 858. The summed E-state index contributed by atoms with van der Waals surface area (Å²) in [5.41, 5.74) is 6.17. The molecule has 0 aliphatic carbocycles. The van der Waals surface area contributed by atoms with Crippen LogP contribution in [0.3, 0.4) is 0 Å². The lowest BCUT2D eigenvalue weighted by atomic mass is 10.1. The Kier molecular flexibility index (Phi) is 3.43. The number of carbonyl (C=O) groups is 1. The monoisotopic (exact) mass is 314 g/mol. The highest BCUT2D eigenvalue weighted by Crippen LogP contribution is 2.27. The van der Waals surface area contributed by atoms with E-state index in [1.165, 1.54) is 23.5 Å². The number of benzene rings is 2. The van der Waals surface area contributed by atoms with Gasteiger partial charge in [-0.15, -0.1) is 0 Å². The summed E-state index contributed by atoms with van der Waals surface area (Å²) >= 11 is 1.33. The standard InChI is InChI=1S/C14H10N4O3S/c15-9-6-5-8(7-11(9)18(20)21)13(19)17-14-16-10-3-1-2-4-12(10)22-14/h1-7H,15H2,(H,16,17,19). The third-order valence-electron chi connectivity index (χ3n) is 3.00. The lowest BCUT2D eigenvalue weighted by Gasteiger charge is -2.03. The molecule has 1 aromatic heterocycles. The van der Waals surface area contributed by atoms with Crippen molar-refractivity contribution in [2.24, 2.45) is 0 Å². The first kappa shape index (κ1) is 14.0. The second-order valence-electron chi connectivity index (χ2n) is 4.47. The van der Waals surface area contributed by atoms with Crippen LogP contribution >= 0.6 is 11.3 Å². The van der Waals surface area contributed by atoms with Gasteiger partial charge in [0.25, 0.3) is 11.6 Å². The van der Waals surface area contributed by atoms with Crippen LogP contribution in [0.5, 0.6) is 0 Å². The fraction of sp³-hybridized carbons (Fsp3) is 0. The highest BCUT2D eigenvalue weighted by molar-refractivity contribution is 7.22. The van der Waals surface area contributed by atoms with Crippen molar-refractivity contribution in [1.82, 2.24) is 4.98 Å². The summed E-state index contributed by atoms with van der Waals surface area (Å²) in [5, 5.41) is 13.9. The number of nitro benzene ring substituents is 1. The number of rotatable bonds is 3. The van der Waals surface area contributed by atoms with Crippen molar-refractivity contribution in [3.63, 3.8) is 0 Å². The van der Waals surface area contributed by atoms with Crippen molar-refractivity contribution in [2.45, 2.75) is 0 Å². The summed E-state index contributed by atoms with van der Waals surface area (Å²) in [6, 6.07) is 11.4. The van der Waals surface area contributed by atoms with Gasteiger partial charge in [-0.3, -0.25) is 20.2 Å². The van der Waals surface area contributed by atoms with Gasteiger partial charge in [-0.1, -0.05) is 23.5 Å². The number of amides is 1. The predicted octanol–water partition coefficient (Wildman–Crippen LogP) is 3.04. The summed E-state index contributed by atoms with van der Waals surface area (Å²) in [4.78, 5) is 26.7. The fourth-order valence-corrected chi connectivity index (χ4v) is 2.80. The Morgan fingerprint density at radius 1 is 1.27 bits per heavy atom. The van der Waals surface area contributed by atoms with Crippen LogP contribution in [0.25, 0.3) is 10.2 Å². The number of nitrogens with one attached hydrogen (secondary N) is 1. The van der Waals surface area contributed by atoms with Crippen LogP contribution in [0.1, 0.15) is 10.4 Å². The van der Waals surface area contributed by atoms with Gasteiger partial charge in [0.2, 0.25) is 0 Å². The molecule has 1 amide bonds. The minimum absolute atomic E-state index is 0.0153. The quantitative estimate of drug-likeness (QED) is 0.438. The molecule has 0 fully saturated rings. The number of nitrogen functional groups attached to an aromatic ring is 1. The average molecular weight is 314 g/mol. The first-order valence-corrected chi connectivity index (χ1v) is 7.07. The number of aromatic nitrogens is 1. The van der Waals surface area contributed by atoms with Crippen LogP contribution < -0.4 is 11.1 Å². The van der Waals surface area contributed by atoms with E-state index in [1.54, 1.807) is 0 Å². The van der Waals surface area contributed by atoms with E-state index in [4.69, 9.17) is 5.73 Å². The number of nitro groups is 1. The first-order chi connectivity index (χ1) is 10.5. The average Bonchev–Trinajstić information content (AvgIpc) is 2.89. The van der Waals surface area contributed by atoms with Crippen molar-refractivity contribution in [3.05, 3.63) is 58.1 Å². The van der Waals surface area contributed by atoms with E-state index in [1.807, 2.05) is 24.3 Å². The molecule has 3 rings (SSSR count). The molecule has 3 N–H and O–H groups in total. The van der Waals surface area contributed by atoms with Gasteiger partial charge >= 0.3 is 0 Å². The van der Waals surface area contributed by atoms with Gasteiger partial charge in [0.1, 0.15) is 5.69 Å². The maximum absolute atomic E-state index is 12.2. The van der Waals surface area contributed by atoms with Crippen molar-refractivity contribution in [1.29, 1.82) is 0 Å². The van der Waals surface area contributed by atoms with Crippen molar-refractivity contribution in [2.75, 3.05) is 11.1 Å². The highest BCUT2D eigenvalue weighted by atomic mass is 32.1. The van der Waals surface area contributed by atoms with Crippen LogP contribution in [-0.4, -0.2) is 15.8 Å². The van der Waals surface area contributed by atoms with Gasteiger partial charge < -0.3 is 5.73 Å². The molecule has 0 bridgehead atoms. The summed E-state index contributed by atoms with van der Waals surface area (Å²) in [6.45, 7) is 0. The lowest BCUT2D eigenvalue weighted by Crippen LogP contribution is -2.12. The topological polar surface area (TPSA) is 111 Å². The summed E-state index contributed by atoms with van der Waals surface area (Å²) in [6.07, 6.45) is 0. The van der Waals surface area contributed by atoms with E-state index in [9.17, 15) is 14.9 Å². The zero-order valence-electron chi connectivity index (χ0n) is 11.1. The first-order valence-electron chi connectivity index (χ1n) is 6.25. The number of nitrogens with zero attached hydrogens (tertiary/aromatic N) is 2. The van der Waals surface area contributed by atoms with Gasteiger partial charge in [0, 0.05) is 11.6 Å². The molecule has 22 heavy (non-hydrogen) atoms. The molecule has 0 radical (unpaired) electrons. The maximum Gasteiger partial charge on any atom is 0.292 e. The third kappa shape index (κ3) is 2.59. The minimum Gasteiger partial charge on any atom is -0.393 e. The van der Waals surface area contributed by atoms with Gasteiger partial charge in [0.05, 0.1) is 15.1 Å². The van der Waals surface area contributed by atoms with Crippen LogP contribution in [-0.2, 0) is 0 Å². The van der Waals surface area contributed by atoms with Crippen molar-refractivity contribution >= 4 is 44.0 Å². The van der Waals surface area contributed by atoms with E-state index in [0.717, 1.165) is 16.3 Å². The molecule has 0 unspecified atom stereocenters. The van der Waals surface area contributed by atoms with E-state index >= 15 is 0 Å². The van der Waals surface area contributed by atoms with Gasteiger partial charge in [-0.2, -0.15) is 0 Å². The third-order valence-corrected chi connectivity index (χ3v) is 3.96. The van der Waals surface area contributed by atoms with E-state index in [0.29, 0.717) is 5.13 Å². The SMILES string of the molecule is Nc1ccc(C(=O)Nc2nc3ccccc3s2)cc1[N+](=O)[O-]. The number of nitrogens with two attached hydrogens (primary N) is 1. The fourth-order valence-electron chi connectivity index (χ4n) is 1.94. The number of thiazole rings is 1. The molecule has 7 nitrogen and oxygen atoms in total. The minimum atomic E-state index is -0.621. The largest absolute Gasteiger partial charge is 0.393 e. The van der Waals surface area contributed by atoms with E-state index in [-0.39, 0.29) is 16.9 Å². The zero-order valence-corrected chi connectivity index (χ0v) is 12.0. The number of hydrogen-bond acceptors (Lipinski definition) is 6. The molecule has 1 heterocycles. The zero-order chi connectivity index (χ0) is 15.7. The van der Waals surface area contributed by atoms with Crippen molar-refractivity contribution in [3.8, 4) is 0 Å². The molecule has 110 valence electrons. The number of carbonyl (C=O) groups excluding carboxylic acids is 1. The number of fused-ring (bicyclic) bond motifs is 1. The molecule has 0 spiro atoms. The molecule has 2 aromatic carbocycles. The number of hydrogen-bond donors (Lipinski definition) is 2. The maximum atomic E-state index is 12.2. The van der Waals surface area contributed by atoms with Crippen LogP contribution in [0.4, 0.5) is 16.5 Å². The number of anilines is 2.